The molecule has 0 aromatic heterocycles. The van der Waals surface area contributed by atoms with Crippen LogP contribution in [0.4, 0.5) is 0 Å². The standard InChI is InChI=1S/C18H26O/c1-3-4-5-6-7-8-9-18(15-19)14-17-12-10-16(2)11-13-17/h10-15H,3-9H2,1-2H3/b18-14+. The Kier molecular flexibility index (Phi) is 7.88. The van der Waals surface area contributed by atoms with Crippen LogP contribution in [0.2, 0.25) is 0 Å². The van der Waals surface area contributed by atoms with Gasteiger partial charge in [-0.05, 0) is 37.0 Å². The Balaban J connectivity index is 2.36. The maximum absolute atomic E-state index is 11.1. The minimum atomic E-state index is 0.906. The average Bonchev–Trinajstić information content (AvgIpc) is 2.43. The number of rotatable bonds is 9. The number of aryl methyl sites for hydroxylation is 1. The van der Waals surface area contributed by atoms with Gasteiger partial charge in [-0.15, -0.1) is 0 Å². The van der Waals surface area contributed by atoms with E-state index in [0.717, 1.165) is 30.3 Å². The van der Waals surface area contributed by atoms with Crippen LogP contribution in [0, 0.1) is 6.92 Å². The van der Waals surface area contributed by atoms with Crippen LogP contribution in [0.5, 0.6) is 0 Å². The predicted molar refractivity (Wildman–Crippen MR) is 83.2 cm³/mol. The molecule has 0 bridgehead atoms. The van der Waals surface area contributed by atoms with Gasteiger partial charge >= 0.3 is 0 Å². The predicted octanol–water partition coefficient (Wildman–Crippen LogP) is 5.33. The highest BCUT2D eigenvalue weighted by Crippen LogP contribution is 2.14. The van der Waals surface area contributed by atoms with E-state index < -0.39 is 0 Å². The normalized spacial score (nSPS) is 11.6. The number of allylic oxidation sites excluding steroid dienone is 1. The molecule has 104 valence electrons. The highest BCUT2D eigenvalue weighted by Gasteiger charge is 1.97. The van der Waals surface area contributed by atoms with Crippen molar-refractivity contribution in [1.82, 2.24) is 0 Å². The molecule has 1 nitrogen and oxygen atoms in total. The zero-order valence-electron chi connectivity index (χ0n) is 12.3. The highest BCUT2D eigenvalue weighted by atomic mass is 16.1. The molecule has 0 unspecified atom stereocenters. The fraction of sp³-hybridized carbons (Fsp3) is 0.500. The van der Waals surface area contributed by atoms with Gasteiger partial charge < -0.3 is 0 Å². The molecule has 0 aliphatic rings. The summed E-state index contributed by atoms with van der Waals surface area (Å²) < 4.78 is 0. The van der Waals surface area contributed by atoms with Crippen molar-refractivity contribution in [2.75, 3.05) is 0 Å². The number of hydrogen-bond donors (Lipinski definition) is 0. The lowest BCUT2D eigenvalue weighted by atomic mass is 10.0. The van der Waals surface area contributed by atoms with Crippen LogP contribution in [0.1, 0.15) is 63.0 Å². The number of aldehydes is 1. The number of unbranched alkanes of at least 4 members (excludes halogenated alkanes) is 5. The van der Waals surface area contributed by atoms with Crippen LogP contribution in [0.15, 0.2) is 29.8 Å². The lowest BCUT2D eigenvalue weighted by Crippen LogP contribution is -1.87. The molecule has 0 heterocycles. The van der Waals surface area contributed by atoms with Gasteiger partial charge in [-0.25, -0.2) is 0 Å². The van der Waals surface area contributed by atoms with Crippen LogP contribution in [-0.4, -0.2) is 6.29 Å². The van der Waals surface area contributed by atoms with Crippen LogP contribution in [0.3, 0.4) is 0 Å². The van der Waals surface area contributed by atoms with Crippen LogP contribution in [0.25, 0.3) is 6.08 Å². The molecule has 0 atom stereocenters. The van der Waals surface area contributed by atoms with Crippen molar-refractivity contribution in [1.29, 1.82) is 0 Å². The van der Waals surface area contributed by atoms with Gasteiger partial charge in [0.2, 0.25) is 0 Å². The van der Waals surface area contributed by atoms with E-state index in [0.29, 0.717) is 0 Å². The first kappa shape index (κ1) is 15.7. The van der Waals surface area contributed by atoms with Crippen LogP contribution < -0.4 is 0 Å². The van der Waals surface area contributed by atoms with E-state index in [1.807, 2.05) is 6.08 Å². The molecule has 1 aromatic rings. The molecule has 0 aliphatic carbocycles. The van der Waals surface area contributed by atoms with Gasteiger partial charge in [0.1, 0.15) is 6.29 Å². The summed E-state index contributed by atoms with van der Waals surface area (Å²) in [7, 11) is 0. The van der Waals surface area contributed by atoms with E-state index >= 15 is 0 Å². The minimum absolute atomic E-state index is 0.906. The Labute approximate surface area is 117 Å². The summed E-state index contributed by atoms with van der Waals surface area (Å²) in [6.07, 6.45) is 11.5. The fourth-order valence-corrected chi connectivity index (χ4v) is 2.15. The Morgan fingerprint density at radius 1 is 1.00 bits per heavy atom. The lowest BCUT2D eigenvalue weighted by molar-refractivity contribution is -0.105. The van der Waals surface area contributed by atoms with Crippen molar-refractivity contribution < 1.29 is 4.79 Å². The first-order valence-corrected chi connectivity index (χ1v) is 7.48. The third-order valence-corrected chi connectivity index (χ3v) is 3.40. The summed E-state index contributed by atoms with van der Waals surface area (Å²) in [5, 5.41) is 0. The molecule has 1 aromatic carbocycles. The van der Waals surface area contributed by atoms with Crippen molar-refractivity contribution in [3.63, 3.8) is 0 Å². The molecule has 0 N–H and O–H groups in total. The third-order valence-electron chi connectivity index (χ3n) is 3.40. The highest BCUT2D eigenvalue weighted by molar-refractivity contribution is 5.81. The second-order valence-electron chi connectivity index (χ2n) is 5.27. The molecule has 0 aliphatic heterocycles. The van der Waals surface area contributed by atoms with Gasteiger partial charge in [-0.1, -0.05) is 68.9 Å². The van der Waals surface area contributed by atoms with Crippen molar-refractivity contribution in [2.24, 2.45) is 0 Å². The van der Waals surface area contributed by atoms with Gasteiger partial charge in [0, 0.05) is 0 Å². The largest absolute Gasteiger partial charge is 0.298 e. The van der Waals surface area contributed by atoms with Crippen molar-refractivity contribution in [3.05, 3.63) is 41.0 Å². The second kappa shape index (κ2) is 9.55. The molecule has 1 rings (SSSR count). The molecule has 1 heteroatoms. The lowest BCUT2D eigenvalue weighted by Gasteiger charge is -2.02. The first-order chi connectivity index (χ1) is 9.26. The van der Waals surface area contributed by atoms with Gasteiger partial charge in [0.25, 0.3) is 0 Å². The summed E-state index contributed by atoms with van der Waals surface area (Å²) in [6, 6.07) is 8.30. The number of carbonyl (C=O) groups is 1. The van der Waals surface area contributed by atoms with E-state index in [2.05, 4.69) is 38.1 Å². The second-order valence-corrected chi connectivity index (χ2v) is 5.27. The molecule has 0 saturated carbocycles. The fourth-order valence-electron chi connectivity index (χ4n) is 2.15. The molecule has 0 spiro atoms. The van der Waals surface area contributed by atoms with Gasteiger partial charge in [0.15, 0.2) is 0 Å². The number of benzene rings is 1. The van der Waals surface area contributed by atoms with Gasteiger partial charge in [-0.2, -0.15) is 0 Å². The smallest absolute Gasteiger partial charge is 0.146 e. The molecular formula is C18H26O. The first-order valence-electron chi connectivity index (χ1n) is 7.48. The molecular weight excluding hydrogens is 232 g/mol. The van der Waals surface area contributed by atoms with Crippen LogP contribution in [-0.2, 0) is 4.79 Å². The number of hydrogen-bond acceptors (Lipinski definition) is 1. The maximum atomic E-state index is 11.1. The van der Waals surface area contributed by atoms with E-state index in [4.69, 9.17) is 0 Å². The maximum Gasteiger partial charge on any atom is 0.146 e. The molecule has 0 amide bonds. The summed E-state index contributed by atoms with van der Waals surface area (Å²) in [5.74, 6) is 0. The van der Waals surface area contributed by atoms with E-state index in [1.54, 1.807) is 0 Å². The zero-order valence-corrected chi connectivity index (χ0v) is 12.3. The van der Waals surface area contributed by atoms with Gasteiger partial charge in [0.05, 0.1) is 0 Å². The Hall–Kier alpha value is -1.37. The Morgan fingerprint density at radius 2 is 1.63 bits per heavy atom. The summed E-state index contributed by atoms with van der Waals surface area (Å²) in [6.45, 7) is 4.30. The summed E-state index contributed by atoms with van der Waals surface area (Å²) >= 11 is 0. The van der Waals surface area contributed by atoms with Crippen LogP contribution >= 0.6 is 0 Å². The monoisotopic (exact) mass is 258 g/mol. The minimum Gasteiger partial charge on any atom is -0.298 e. The van der Waals surface area contributed by atoms with Crippen molar-refractivity contribution >= 4 is 12.4 Å². The molecule has 0 saturated heterocycles. The molecule has 0 radical (unpaired) electrons. The van der Waals surface area contributed by atoms with E-state index in [9.17, 15) is 4.79 Å². The number of carbonyl (C=O) groups excluding carboxylic acids is 1. The molecule has 19 heavy (non-hydrogen) atoms. The third kappa shape index (κ3) is 6.95. The Morgan fingerprint density at radius 3 is 2.26 bits per heavy atom. The summed E-state index contributed by atoms with van der Waals surface area (Å²) in [5.41, 5.74) is 3.29. The Bertz CT molecular complexity index is 387. The van der Waals surface area contributed by atoms with Crippen molar-refractivity contribution in [2.45, 2.75) is 58.8 Å². The van der Waals surface area contributed by atoms with E-state index in [1.165, 1.54) is 37.7 Å². The zero-order chi connectivity index (χ0) is 13.9. The quantitative estimate of drug-likeness (QED) is 0.332. The SMILES string of the molecule is CCCCCCCC/C(C=O)=C\c1ccc(C)cc1. The van der Waals surface area contributed by atoms with Gasteiger partial charge in [-0.3, -0.25) is 4.79 Å². The molecule has 0 fully saturated rings. The van der Waals surface area contributed by atoms with E-state index in [-0.39, 0.29) is 0 Å². The topological polar surface area (TPSA) is 17.1 Å². The summed E-state index contributed by atoms with van der Waals surface area (Å²) in [4.78, 5) is 11.1. The van der Waals surface area contributed by atoms with Crippen molar-refractivity contribution in [3.8, 4) is 0 Å². The average molecular weight is 258 g/mol.